The third-order valence-corrected chi connectivity index (χ3v) is 5.90. The van der Waals surface area contributed by atoms with Crippen molar-refractivity contribution < 1.29 is 14.3 Å². The van der Waals surface area contributed by atoms with Crippen LogP contribution < -0.4 is 15.6 Å². The van der Waals surface area contributed by atoms with Crippen LogP contribution in [0.4, 0.5) is 0 Å². The first kappa shape index (κ1) is 19.2. The maximum absolute atomic E-state index is 12.8. The fourth-order valence-corrected chi connectivity index (χ4v) is 4.46. The predicted octanol–water partition coefficient (Wildman–Crippen LogP) is 0.988. The minimum atomic E-state index is -0.497. The van der Waals surface area contributed by atoms with Crippen LogP contribution in [0.25, 0.3) is 0 Å². The highest BCUT2D eigenvalue weighted by atomic mass is 16.5. The molecule has 29 heavy (non-hydrogen) atoms. The number of amides is 2. The number of benzene rings is 1. The van der Waals surface area contributed by atoms with Crippen LogP contribution in [-0.2, 0) is 11.2 Å². The zero-order chi connectivity index (χ0) is 20.4. The lowest BCUT2D eigenvalue weighted by atomic mass is 9.91. The molecule has 152 valence electrons. The fraction of sp³-hybridized carbons (Fsp3) is 0.429. The van der Waals surface area contributed by atoms with Gasteiger partial charge in [-0.2, -0.15) is 0 Å². The maximum atomic E-state index is 12.8. The molecule has 0 radical (unpaired) electrons. The summed E-state index contributed by atoms with van der Waals surface area (Å²) in [4.78, 5) is 45.4. The molecule has 2 bridgehead atoms. The number of fused-ring (bicyclic) bond motifs is 2. The summed E-state index contributed by atoms with van der Waals surface area (Å²) in [5, 5.41) is 2.99. The number of hydrogen-bond donors (Lipinski definition) is 2. The van der Waals surface area contributed by atoms with E-state index in [9.17, 15) is 14.4 Å². The normalized spacial score (nSPS) is 22.9. The number of piperidine rings is 1. The number of nitrogens with zero attached hydrogens (tertiary/aromatic N) is 2. The maximum Gasteiger partial charge on any atom is 0.279 e. The van der Waals surface area contributed by atoms with Crippen LogP contribution >= 0.6 is 0 Å². The van der Waals surface area contributed by atoms with E-state index in [-0.39, 0.29) is 29.5 Å². The van der Waals surface area contributed by atoms with Gasteiger partial charge in [0.1, 0.15) is 5.75 Å². The molecule has 1 aromatic heterocycles. The molecule has 1 aliphatic heterocycles. The van der Waals surface area contributed by atoms with Crippen molar-refractivity contribution in [2.45, 2.75) is 25.3 Å². The Morgan fingerprint density at radius 3 is 2.72 bits per heavy atom. The summed E-state index contributed by atoms with van der Waals surface area (Å²) in [5.41, 5.74) is 0.304. The van der Waals surface area contributed by atoms with Crippen LogP contribution in [0.2, 0.25) is 0 Å². The first-order valence-electron chi connectivity index (χ1n) is 9.80. The summed E-state index contributed by atoms with van der Waals surface area (Å²) < 4.78 is 5.23. The van der Waals surface area contributed by atoms with Gasteiger partial charge in [-0.1, -0.05) is 12.1 Å². The van der Waals surface area contributed by atoms with Crippen LogP contribution in [-0.4, -0.2) is 52.9 Å². The number of methoxy groups -OCH3 is 1. The lowest BCUT2D eigenvalue weighted by Gasteiger charge is -2.38. The Morgan fingerprint density at radius 1 is 1.28 bits per heavy atom. The zero-order valence-corrected chi connectivity index (χ0v) is 16.3. The number of aromatic nitrogens is 2. The summed E-state index contributed by atoms with van der Waals surface area (Å²) in [6.45, 7) is 1.23. The Balaban J connectivity index is 1.39. The Kier molecular flexibility index (Phi) is 5.33. The molecular formula is C21H24N4O4. The Hall–Kier alpha value is -3.16. The molecular weight excluding hydrogens is 372 g/mol. The Bertz CT molecular complexity index is 959. The van der Waals surface area contributed by atoms with Gasteiger partial charge in [-0.15, -0.1) is 0 Å². The molecule has 1 unspecified atom stereocenters. The second-order valence-corrected chi connectivity index (χ2v) is 7.69. The molecule has 0 spiro atoms. The lowest BCUT2D eigenvalue weighted by Crippen LogP contribution is -2.54. The summed E-state index contributed by atoms with van der Waals surface area (Å²) >= 11 is 0. The molecule has 8 nitrogen and oxygen atoms in total. The van der Waals surface area contributed by atoms with Gasteiger partial charge >= 0.3 is 0 Å². The van der Waals surface area contributed by atoms with E-state index in [2.05, 4.69) is 15.3 Å². The SMILES string of the molecule is COc1cccc(CC(=O)N2C[C@H]3CC[C@@H](C2)C3NC(=O)c2ncc[nH]c2=O)c1. The Labute approximate surface area is 168 Å². The topological polar surface area (TPSA) is 104 Å². The van der Waals surface area contributed by atoms with Crippen LogP contribution in [0.15, 0.2) is 41.5 Å². The largest absolute Gasteiger partial charge is 0.497 e. The molecule has 2 aromatic rings. The van der Waals surface area contributed by atoms with Gasteiger partial charge in [0, 0.05) is 31.5 Å². The molecule has 3 atom stereocenters. The number of H-pyrrole nitrogens is 1. The molecule has 2 fully saturated rings. The van der Waals surface area contributed by atoms with E-state index in [1.807, 2.05) is 29.2 Å². The average Bonchev–Trinajstić information content (AvgIpc) is 2.95. The fourth-order valence-electron chi connectivity index (χ4n) is 4.46. The van der Waals surface area contributed by atoms with E-state index in [4.69, 9.17) is 4.74 Å². The van der Waals surface area contributed by atoms with Crippen molar-refractivity contribution in [3.63, 3.8) is 0 Å². The summed E-state index contributed by atoms with van der Waals surface area (Å²) in [6.07, 6.45) is 5.03. The summed E-state index contributed by atoms with van der Waals surface area (Å²) in [7, 11) is 1.61. The smallest absolute Gasteiger partial charge is 0.279 e. The van der Waals surface area contributed by atoms with E-state index in [1.54, 1.807) is 7.11 Å². The molecule has 2 heterocycles. The van der Waals surface area contributed by atoms with E-state index in [0.717, 1.165) is 24.2 Å². The standard InChI is InChI=1S/C21H24N4O4/c1-29-16-4-2-3-13(9-16)10-17(26)25-11-14-5-6-15(12-25)18(14)24-21(28)19-20(27)23-8-7-22-19/h2-4,7-9,14-15,18H,5-6,10-12H2,1H3,(H,23,27)(H,24,28)/t14-,15+,18?. The highest BCUT2D eigenvalue weighted by Crippen LogP contribution is 2.37. The number of carbonyl (C=O) groups is 2. The van der Waals surface area contributed by atoms with Crippen molar-refractivity contribution in [2.24, 2.45) is 11.8 Å². The zero-order valence-electron chi connectivity index (χ0n) is 16.3. The minimum Gasteiger partial charge on any atom is -0.497 e. The number of rotatable bonds is 5. The minimum absolute atomic E-state index is 0.0372. The number of ether oxygens (including phenoxy) is 1. The number of hydrogen-bond acceptors (Lipinski definition) is 5. The van der Waals surface area contributed by atoms with E-state index >= 15 is 0 Å². The van der Waals surface area contributed by atoms with E-state index in [0.29, 0.717) is 19.5 Å². The number of nitrogens with one attached hydrogen (secondary N) is 2. The molecule has 8 heteroatoms. The van der Waals surface area contributed by atoms with Crippen molar-refractivity contribution in [3.05, 3.63) is 58.3 Å². The first-order chi connectivity index (χ1) is 14.0. The van der Waals surface area contributed by atoms with Gasteiger partial charge in [-0.25, -0.2) is 4.98 Å². The highest BCUT2D eigenvalue weighted by Gasteiger charge is 2.44. The van der Waals surface area contributed by atoms with Crippen molar-refractivity contribution in [1.29, 1.82) is 0 Å². The number of aromatic amines is 1. The lowest BCUT2D eigenvalue weighted by molar-refractivity contribution is -0.132. The third kappa shape index (κ3) is 4.01. The van der Waals surface area contributed by atoms with Crippen molar-refractivity contribution >= 4 is 11.8 Å². The van der Waals surface area contributed by atoms with E-state index in [1.165, 1.54) is 12.4 Å². The second kappa shape index (κ2) is 8.06. The molecule has 1 saturated carbocycles. The molecule has 1 aliphatic carbocycles. The van der Waals surface area contributed by atoms with Gasteiger partial charge in [0.05, 0.1) is 13.5 Å². The van der Waals surface area contributed by atoms with Crippen LogP contribution in [0, 0.1) is 11.8 Å². The molecule has 2 N–H and O–H groups in total. The molecule has 2 amide bonds. The van der Waals surface area contributed by atoms with Gasteiger partial charge in [0.15, 0.2) is 5.69 Å². The van der Waals surface area contributed by atoms with Gasteiger partial charge < -0.3 is 19.9 Å². The van der Waals surface area contributed by atoms with Crippen LogP contribution in [0.1, 0.15) is 28.9 Å². The number of carbonyl (C=O) groups excluding carboxylic acids is 2. The monoisotopic (exact) mass is 396 g/mol. The summed E-state index contributed by atoms with van der Waals surface area (Å²) in [5.74, 6) is 0.747. The van der Waals surface area contributed by atoms with Crippen LogP contribution in [0.3, 0.4) is 0 Å². The first-order valence-corrected chi connectivity index (χ1v) is 9.80. The van der Waals surface area contributed by atoms with Crippen LogP contribution in [0.5, 0.6) is 5.75 Å². The Morgan fingerprint density at radius 2 is 2.03 bits per heavy atom. The molecule has 1 aromatic carbocycles. The molecule has 2 aliphatic rings. The predicted molar refractivity (Wildman–Crippen MR) is 106 cm³/mol. The van der Waals surface area contributed by atoms with Gasteiger partial charge in [0.2, 0.25) is 5.91 Å². The van der Waals surface area contributed by atoms with Crippen molar-refractivity contribution in [1.82, 2.24) is 20.2 Å². The molecule has 4 rings (SSSR count). The van der Waals surface area contributed by atoms with Gasteiger partial charge in [0.25, 0.3) is 11.5 Å². The van der Waals surface area contributed by atoms with Gasteiger partial charge in [-0.05, 0) is 42.4 Å². The summed E-state index contributed by atoms with van der Waals surface area (Å²) in [6, 6.07) is 7.50. The van der Waals surface area contributed by atoms with Gasteiger partial charge in [-0.3, -0.25) is 14.4 Å². The quantitative estimate of drug-likeness (QED) is 0.784. The molecule has 1 saturated heterocycles. The average molecular weight is 396 g/mol. The van der Waals surface area contributed by atoms with E-state index < -0.39 is 11.5 Å². The van der Waals surface area contributed by atoms with Crippen molar-refractivity contribution in [2.75, 3.05) is 20.2 Å². The highest BCUT2D eigenvalue weighted by molar-refractivity contribution is 5.92. The number of likely N-dealkylation sites (tertiary alicyclic amines) is 1. The second-order valence-electron chi connectivity index (χ2n) is 7.69. The third-order valence-electron chi connectivity index (χ3n) is 5.90. The van der Waals surface area contributed by atoms with Crippen molar-refractivity contribution in [3.8, 4) is 5.75 Å².